The normalized spacial score (nSPS) is 10.6. The Balaban J connectivity index is 1.90. The number of hydrogen-bond donors (Lipinski definition) is 0. The lowest BCUT2D eigenvalue weighted by atomic mass is 9.95. The number of hydrogen-bond acceptors (Lipinski definition) is 3. The highest BCUT2D eigenvalue weighted by Gasteiger charge is 2.11. The molecule has 0 atom stereocenters. The molecule has 4 heteroatoms. The highest BCUT2D eigenvalue weighted by Crippen LogP contribution is 2.23. The molecule has 0 aliphatic rings. The summed E-state index contributed by atoms with van der Waals surface area (Å²) in [5, 5.41) is 0. The fraction of sp³-hybridized carbons (Fsp3) is 0. The van der Waals surface area contributed by atoms with Gasteiger partial charge in [0.15, 0.2) is 17.5 Å². The van der Waals surface area contributed by atoms with E-state index in [0.29, 0.717) is 17.5 Å². The molecule has 3 aromatic carbocycles. The van der Waals surface area contributed by atoms with Crippen molar-refractivity contribution in [2.75, 3.05) is 0 Å². The van der Waals surface area contributed by atoms with Crippen molar-refractivity contribution >= 4 is 13.3 Å². The van der Waals surface area contributed by atoms with Crippen molar-refractivity contribution in [3.8, 4) is 34.2 Å². The second kappa shape index (κ2) is 6.69. The third-order valence-corrected chi connectivity index (χ3v) is 4.01. The summed E-state index contributed by atoms with van der Waals surface area (Å²) in [5.74, 6) is 2.06. The van der Waals surface area contributed by atoms with Crippen LogP contribution in [0.15, 0.2) is 84.9 Å². The van der Waals surface area contributed by atoms with Crippen LogP contribution in [0.5, 0.6) is 0 Å². The Hall–Kier alpha value is -3.27. The molecule has 0 saturated heterocycles. The van der Waals surface area contributed by atoms with Gasteiger partial charge in [-0.15, -0.1) is 0 Å². The first-order valence-electron chi connectivity index (χ1n) is 8.23. The van der Waals surface area contributed by atoms with Crippen LogP contribution < -0.4 is 5.46 Å². The molecule has 4 rings (SSSR count). The third-order valence-electron chi connectivity index (χ3n) is 4.01. The Morgan fingerprint density at radius 3 is 1.20 bits per heavy atom. The van der Waals surface area contributed by atoms with Crippen LogP contribution >= 0.6 is 0 Å². The molecular formula is C21H16BN3. The second-order valence-electron chi connectivity index (χ2n) is 5.90. The Morgan fingerprint density at radius 1 is 0.440 bits per heavy atom. The maximum Gasteiger partial charge on any atom is 0.164 e. The molecule has 0 unspecified atom stereocenters. The number of nitrogens with zero attached hydrogens (tertiary/aromatic N) is 3. The summed E-state index contributed by atoms with van der Waals surface area (Å²) in [6, 6.07) is 28.3. The summed E-state index contributed by atoms with van der Waals surface area (Å²) in [6.07, 6.45) is 0. The topological polar surface area (TPSA) is 38.7 Å². The van der Waals surface area contributed by atoms with Gasteiger partial charge in [0.1, 0.15) is 7.85 Å². The average molecular weight is 321 g/mol. The summed E-state index contributed by atoms with van der Waals surface area (Å²) in [6.45, 7) is 0. The minimum atomic E-state index is 0.685. The van der Waals surface area contributed by atoms with E-state index in [4.69, 9.17) is 15.0 Å². The predicted molar refractivity (Wildman–Crippen MR) is 104 cm³/mol. The van der Waals surface area contributed by atoms with Gasteiger partial charge in [0.25, 0.3) is 0 Å². The molecule has 0 aliphatic heterocycles. The molecule has 1 heterocycles. The van der Waals surface area contributed by atoms with Crippen molar-refractivity contribution in [2.24, 2.45) is 0 Å². The Kier molecular flexibility index (Phi) is 4.09. The second-order valence-corrected chi connectivity index (χ2v) is 5.90. The minimum Gasteiger partial charge on any atom is -0.208 e. The van der Waals surface area contributed by atoms with E-state index in [2.05, 4.69) is 20.0 Å². The van der Waals surface area contributed by atoms with Crippen LogP contribution in [-0.2, 0) is 0 Å². The monoisotopic (exact) mass is 321 g/mol. The lowest BCUT2D eigenvalue weighted by molar-refractivity contribution is 1.07. The lowest BCUT2D eigenvalue weighted by Gasteiger charge is -2.08. The molecular weight excluding hydrogens is 305 g/mol. The molecule has 3 nitrogen and oxygen atoms in total. The first-order valence-corrected chi connectivity index (χ1v) is 8.23. The molecule has 118 valence electrons. The molecule has 1 aromatic heterocycles. The SMILES string of the molecule is Bc1ccc(-c2nc(-c3ccccc3)nc(-c3ccccc3)n2)cc1. The van der Waals surface area contributed by atoms with Crippen LogP contribution in [0.4, 0.5) is 0 Å². The molecule has 0 amide bonds. The zero-order chi connectivity index (χ0) is 17.1. The van der Waals surface area contributed by atoms with Crippen LogP contribution in [0.25, 0.3) is 34.2 Å². The van der Waals surface area contributed by atoms with Crippen molar-refractivity contribution < 1.29 is 0 Å². The van der Waals surface area contributed by atoms with Gasteiger partial charge < -0.3 is 0 Å². The Labute approximate surface area is 147 Å². The zero-order valence-corrected chi connectivity index (χ0v) is 13.9. The van der Waals surface area contributed by atoms with Crippen LogP contribution in [0.3, 0.4) is 0 Å². The van der Waals surface area contributed by atoms with Gasteiger partial charge in [0.05, 0.1) is 0 Å². The van der Waals surface area contributed by atoms with Gasteiger partial charge in [0.2, 0.25) is 0 Å². The summed E-state index contributed by atoms with van der Waals surface area (Å²) in [7, 11) is 2.07. The van der Waals surface area contributed by atoms with Crippen LogP contribution in [0, 0.1) is 0 Å². The molecule has 4 aromatic rings. The molecule has 0 aliphatic carbocycles. The molecule has 0 saturated carbocycles. The molecule has 25 heavy (non-hydrogen) atoms. The van der Waals surface area contributed by atoms with Crippen molar-refractivity contribution in [3.05, 3.63) is 84.9 Å². The highest BCUT2D eigenvalue weighted by atomic mass is 15.0. The fourth-order valence-corrected chi connectivity index (χ4v) is 2.64. The van der Waals surface area contributed by atoms with Crippen molar-refractivity contribution in [2.45, 2.75) is 0 Å². The van der Waals surface area contributed by atoms with E-state index in [0.717, 1.165) is 16.7 Å². The van der Waals surface area contributed by atoms with Gasteiger partial charge in [-0.3, -0.25) is 0 Å². The third kappa shape index (κ3) is 3.33. The number of aromatic nitrogens is 3. The first-order chi connectivity index (χ1) is 12.3. The van der Waals surface area contributed by atoms with E-state index < -0.39 is 0 Å². The van der Waals surface area contributed by atoms with E-state index in [-0.39, 0.29) is 0 Å². The average Bonchev–Trinajstić information content (AvgIpc) is 2.69. The minimum absolute atomic E-state index is 0.685. The standard InChI is InChI=1S/C21H16BN3/c22-18-13-11-17(12-14-18)21-24-19(15-7-3-1-4-8-15)23-20(25-21)16-9-5-2-6-10-16/h1-14H,22H2. The number of benzene rings is 3. The maximum atomic E-state index is 4.71. The van der Waals surface area contributed by atoms with E-state index in [1.807, 2.05) is 72.8 Å². The van der Waals surface area contributed by atoms with Gasteiger partial charge in [0, 0.05) is 16.7 Å². The lowest BCUT2D eigenvalue weighted by Crippen LogP contribution is -2.02. The summed E-state index contributed by atoms with van der Waals surface area (Å²) < 4.78 is 0. The van der Waals surface area contributed by atoms with Crippen molar-refractivity contribution in [3.63, 3.8) is 0 Å². The predicted octanol–water partition coefficient (Wildman–Crippen LogP) is 3.13. The maximum absolute atomic E-state index is 4.71. The van der Waals surface area contributed by atoms with Gasteiger partial charge >= 0.3 is 0 Å². The van der Waals surface area contributed by atoms with Gasteiger partial charge in [-0.25, -0.2) is 15.0 Å². The molecule has 0 bridgehead atoms. The van der Waals surface area contributed by atoms with E-state index in [9.17, 15) is 0 Å². The van der Waals surface area contributed by atoms with E-state index in [1.54, 1.807) is 0 Å². The molecule has 0 fully saturated rings. The van der Waals surface area contributed by atoms with Gasteiger partial charge in [-0.1, -0.05) is 90.4 Å². The summed E-state index contributed by atoms with van der Waals surface area (Å²) in [4.78, 5) is 14.1. The summed E-state index contributed by atoms with van der Waals surface area (Å²) >= 11 is 0. The number of rotatable bonds is 3. The van der Waals surface area contributed by atoms with Crippen molar-refractivity contribution in [1.82, 2.24) is 15.0 Å². The highest BCUT2D eigenvalue weighted by molar-refractivity contribution is 6.32. The first kappa shape index (κ1) is 15.3. The van der Waals surface area contributed by atoms with Crippen molar-refractivity contribution in [1.29, 1.82) is 0 Å². The molecule has 0 N–H and O–H groups in total. The van der Waals surface area contributed by atoms with E-state index in [1.165, 1.54) is 5.46 Å². The zero-order valence-electron chi connectivity index (χ0n) is 13.9. The van der Waals surface area contributed by atoms with Crippen LogP contribution in [-0.4, -0.2) is 22.8 Å². The largest absolute Gasteiger partial charge is 0.208 e. The van der Waals surface area contributed by atoms with Crippen LogP contribution in [0.1, 0.15) is 0 Å². The Bertz CT molecular complexity index is 927. The van der Waals surface area contributed by atoms with Gasteiger partial charge in [-0.05, 0) is 0 Å². The smallest absolute Gasteiger partial charge is 0.164 e. The van der Waals surface area contributed by atoms with Gasteiger partial charge in [-0.2, -0.15) is 0 Å². The molecule has 0 spiro atoms. The molecule has 0 radical (unpaired) electrons. The Morgan fingerprint density at radius 2 is 0.800 bits per heavy atom. The summed E-state index contributed by atoms with van der Waals surface area (Å²) in [5.41, 5.74) is 4.16. The van der Waals surface area contributed by atoms with Crippen LogP contribution in [0.2, 0.25) is 0 Å². The fourth-order valence-electron chi connectivity index (χ4n) is 2.64. The quantitative estimate of drug-likeness (QED) is 0.544. The van der Waals surface area contributed by atoms with E-state index >= 15 is 0 Å².